The Morgan fingerprint density at radius 1 is 1.50 bits per heavy atom. The lowest BCUT2D eigenvalue weighted by atomic mass is 10.1. The van der Waals surface area contributed by atoms with Crippen molar-refractivity contribution in [3.05, 3.63) is 18.2 Å². The van der Waals surface area contributed by atoms with Crippen LogP contribution in [-0.4, -0.2) is 28.0 Å². The third-order valence-corrected chi connectivity index (χ3v) is 2.87. The molecule has 1 rings (SSSR count). The van der Waals surface area contributed by atoms with E-state index in [0.717, 1.165) is 31.8 Å². The molecule has 0 aliphatic rings. The summed E-state index contributed by atoms with van der Waals surface area (Å²) in [6, 6.07) is 0. The molecule has 1 aromatic rings. The average Bonchev–Trinajstić information content (AvgIpc) is 2.58. The Labute approximate surface area is 103 Å². The minimum atomic E-state index is 0.237. The molecule has 0 spiro atoms. The number of hydrogen-bond acceptors (Lipinski definition) is 2. The van der Waals surface area contributed by atoms with E-state index in [2.05, 4.69) is 24.1 Å². The molecule has 0 aliphatic carbocycles. The Kier molecular flexibility index (Phi) is 5.85. The molecular weight excluding hydrogens is 222 g/mol. The van der Waals surface area contributed by atoms with Crippen LogP contribution in [0.3, 0.4) is 0 Å². The quantitative estimate of drug-likeness (QED) is 0.588. The lowest BCUT2D eigenvalue weighted by Gasteiger charge is -2.12. The Bertz CT molecular complexity index is 296. The molecule has 0 amide bonds. The largest absolute Gasteiger partial charge is 0.338 e. The number of nitrogens with zero attached hydrogens (tertiary/aromatic N) is 2. The summed E-state index contributed by atoms with van der Waals surface area (Å²) in [7, 11) is 2.02. The molecule has 0 radical (unpaired) electrons. The van der Waals surface area contributed by atoms with Crippen molar-refractivity contribution in [2.24, 2.45) is 13.0 Å². The number of nitrogens with one attached hydrogen (secondary N) is 1. The highest BCUT2D eigenvalue weighted by atomic mass is 35.5. The smallest absolute Gasteiger partial charge is 0.109 e. The monoisotopic (exact) mass is 243 g/mol. The van der Waals surface area contributed by atoms with Crippen LogP contribution in [-0.2, 0) is 13.5 Å². The SMILES string of the molecule is CC(C)CC(Cl)CNCCc1nccn1C. The van der Waals surface area contributed by atoms with Gasteiger partial charge in [-0.05, 0) is 12.3 Å². The maximum absolute atomic E-state index is 6.18. The zero-order valence-corrected chi connectivity index (χ0v) is 11.2. The first-order chi connectivity index (χ1) is 7.59. The predicted octanol–water partition coefficient (Wildman–Crippen LogP) is 2.21. The summed E-state index contributed by atoms with van der Waals surface area (Å²) in [4.78, 5) is 4.27. The zero-order chi connectivity index (χ0) is 12.0. The van der Waals surface area contributed by atoms with E-state index in [4.69, 9.17) is 11.6 Å². The Balaban J connectivity index is 2.10. The number of hydrogen-bond donors (Lipinski definition) is 1. The van der Waals surface area contributed by atoms with Gasteiger partial charge in [0.15, 0.2) is 0 Å². The molecule has 1 atom stereocenters. The van der Waals surface area contributed by atoms with Gasteiger partial charge in [0.05, 0.1) is 0 Å². The summed E-state index contributed by atoms with van der Waals surface area (Å²) >= 11 is 6.18. The van der Waals surface area contributed by atoms with E-state index in [1.165, 1.54) is 0 Å². The third-order valence-electron chi connectivity index (χ3n) is 2.54. The summed E-state index contributed by atoms with van der Waals surface area (Å²) in [6.07, 6.45) is 5.82. The highest BCUT2D eigenvalue weighted by Gasteiger charge is 2.06. The van der Waals surface area contributed by atoms with E-state index in [1.54, 1.807) is 0 Å². The first-order valence-corrected chi connectivity index (χ1v) is 6.34. The van der Waals surface area contributed by atoms with Crippen LogP contribution >= 0.6 is 11.6 Å². The van der Waals surface area contributed by atoms with E-state index < -0.39 is 0 Å². The molecular formula is C12H22ClN3. The van der Waals surface area contributed by atoms with Gasteiger partial charge in [-0.15, -0.1) is 11.6 Å². The van der Waals surface area contributed by atoms with Crippen molar-refractivity contribution in [1.82, 2.24) is 14.9 Å². The Hall–Kier alpha value is -0.540. The van der Waals surface area contributed by atoms with Crippen molar-refractivity contribution < 1.29 is 0 Å². The van der Waals surface area contributed by atoms with Crippen molar-refractivity contribution in [3.8, 4) is 0 Å². The number of aryl methyl sites for hydroxylation is 1. The minimum Gasteiger partial charge on any atom is -0.338 e. The normalized spacial score (nSPS) is 13.3. The van der Waals surface area contributed by atoms with Gasteiger partial charge in [-0.25, -0.2) is 4.98 Å². The standard InChI is InChI=1S/C12H22ClN3/c1-10(2)8-11(13)9-14-5-4-12-15-6-7-16(12)3/h6-7,10-11,14H,4-5,8-9H2,1-3H3. The molecule has 92 valence electrons. The molecule has 1 N–H and O–H groups in total. The third kappa shape index (κ3) is 4.99. The molecule has 16 heavy (non-hydrogen) atoms. The molecule has 3 nitrogen and oxygen atoms in total. The van der Waals surface area contributed by atoms with Crippen molar-refractivity contribution in [3.63, 3.8) is 0 Å². The van der Waals surface area contributed by atoms with Gasteiger partial charge >= 0.3 is 0 Å². The fourth-order valence-electron chi connectivity index (χ4n) is 1.69. The molecule has 0 aliphatic heterocycles. The highest BCUT2D eigenvalue weighted by molar-refractivity contribution is 6.20. The van der Waals surface area contributed by atoms with Crippen molar-refractivity contribution in [1.29, 1.82) is 0 Å². The van der Waals surface area contributed by atoms with Gasteiger partial charge in [0.2, 0.25) is 0 Å². The predicted molar refractivity (Wildman–Crippen MR) is 68.9 cm³/mol. The molecule has 0 saturated heterocycles. The Morgan fingerprint density at radius 2 is 2.25 bits per heavy atom. The topological polar surface area (TPSA) is 29.9 Å². The first-order valence-electron chi connectivity index (χ1n) is 5.90. The molecule has 4 heteroatoms. The lowest BCUT2D eigenvalue weighted by Crippen LogP contribution is -2.26. The first kappa shape index (κ1) is 13.5. The van der Waals surface area contributed by atoms with E-state index in [9.17, 15) is 0 Å². The molecule has 1 aromatic heterocycles. The average molecular weight is 244 g/mol. The molecule has 0 bridgehead atoms. The van der Waals surface area contributed by atoms with E-state index in [-0.39, 0.29) is 5.38 Å². The number of halogens is 1. The zero-order valence-electron chi connectivity index (χ0n) is 10.4. The van der Waals surface area contributed by atoms with E-state index >= 15 is 0 Å². The van der Waals surface area contributed by atoms with E-state index in [0.29, 0.717) is 5.92 Å². The lowest BCUT2D eigenvalue weighted by molar-refractivity contribution is 0.532. The summed E-state index contributed by atoms with van der Waals surface area (Å²) in [5.41, 5.74) is 0. The molecule has 0 saturated carbocycles. The summed E-state index contributed by atoms with van der Waals surface area (Å²) in [5, 5.41) is 3.61. The molecule has 0 aromatic carbocycles. The van der Waals surface area contributed by atoms with Crippen LogP contribution in [0.1, 0.15) is 26.1 Å². The number of aromatic nitrogens is 2. The van der Waals surface area contributed by atoms with Gasteiger partial charge in [-0.1, -0.05) is 13.8 Å². The molecule has 1 heterocycles. The van der Waals surface area contributed by atoms with E-state index in [1.807, 2.05) is 24.0 Å². The van der Waals surface area contributed by atoms with Gasteiger partial charge in [0.1, 0.15) is 5.82 Å². The summed E-state index contributed by atoms with van der Waals surface area (Å²) in [5.74, 6) is 1.78. The fraction of sp³-hybridized carbons (Fsp3) is 0.750. The summed E-state index contributed by atoms with van der Waals surface area (Å²) < 4.78 is 2.05. The second-order valence-electron chi connectivity index (χ2n) is 4.64. The van der Waals surface area contributed by atoms with Gasteiger partial charge in [0.25, 0.3) is 0 Å². The van der Waals surface area contributed by atoms with Crippen LogP contribution in [0.5, 0.6) is 0 Å². The number of alkyl halides is 1. The number of imidazole rings is 1. The second kappa shape index (κ2) is 6.92. The van der Waals surface area contributed by atoms with Crippen LogP contribution in [0.25, 0.3) is 0 Å². The van der Waals surface area contributed by atoms with Crippen LogP contribution < -0.4 is 5.32 Å². The maximum atomic E-state index is 6.18. The molecule has 0 fully saturated rings. The highest BCUT2D eigenvalue weighted by Crippen LogP contribution is 2.09. The van der Waals surface area contributed by atoms with Crippen molar-refractivity contribution in [2.45, 2.75) is 32.1 Å². The van der Waals surface area contributed by atoms with Crippen LogP contribution in [0, 0.1) is 5.92 Å². The van der Waals surface area contributed by atoms with Crippen molar-refractivity contribution >= 4 is 11.6 Å². The van der Waals surface area contributed by atoms with Gasteiger partial charge in [0, 0.05) is 44.3 Å². The van der Waals surface area contributed by atoms with Crippen LogP contribution in [0.15, 0.2) is 12.4 Å². The summed E-state index contributed by atoms with van der Waals surface area (Å²) in [6.45, 7) is 6.21. The number of rotatable bonds is 7. The van der Waals surface area contributed by atoms with Gasteiger partial charge in [-0.3, -0.25) is 0 Å². The van der Waals surface area contributed by atoms with Gasteiger partial charge in [-0.2, -0.15) is 0 Å². The Morgan fingerprint density at radius 3 is 2.81 bits per heavy atom. The van der Waals surface area contributed by atoms with Crippen LogP contribution in [0.2, 0.25) is 0 Å². The minimum absolute atomic E-state index is 0.237. The van der Waals surface area contributed by atoms with Gasteiger partial charge < -0.3 is 9.88 Å². The molecule has 1 unspecified atom stereocenters. The van der Waals surface area contributed by atoms with Crippen LogP contribution in [0.4, 0.5) is 0 Å². The second-order valence-corrected chi connectivity index (χ2v) is 5.25. The fourth-order valence-corrected chi connectivity index (χ4v) is 2.16. The van der Waals surface area contributed by atoms with Crippen molar-refractivity contribution in [2.75, 3.05) is 13.1 Å². The maximum Gasteiger partial charge on any atom is 0.109 e.